The fourth-order valence-corrected chi connectivity index (χ4v) is 2.34. The molecule has 0 aromatic carbocycles. The molecule has 1 aromatic heterocycles. The van der Waals surface area contributed by atoms with Gasteiger partial charge in [0.15, 0.2) is 0 Å². The molecule has 0 spiro atoms. The van der Waals surface area contributed by atoms with Crippen molar-refractivity contribution >= 4 is 0 Å². The summed E-state index contributed by atoms with van der Waals surface area (Å²) < 4.78 is 2.20. The third-order valence-corrected chi connectivity index (χ3v) is 3.33. The molecular formula is C14H21NO. The number of aliphatic hydroxyl groups excluding tert-OH is 1. The summed E-state index contributed by atoms with van der Waals surface area (Å²) in [5.41, 5.74) is 3.70. The van der Waals surface area contributed by atoms with Gasteiger partial charge in [0.05, 0.1) is 6.10 Å². The zero-order valence-corrected chi connectivity index (χ0v) is 10.1. The van der Waals surface area contributed by atoms with Crippen LogP contribution in [-0.2, 0) is 13.0 Å². The zero-order valence-electron chi connectivity index (χ0n) is 10.1. The highest BCUT2D eigenvalue weighted by molar-refractivity contribution is 5.28. The number of aromatic nitrogens is 1. The van der Waals surface area contributed by atoms with Crippen LogP contribution in [0.2, 0.25) is 0 Å². The second-order valence-corrected chi connectivity index (χ2v) is 4.95. The van der Waals surface area contributed by atoms with Crippen LogP contribution in [0.25, 0.3) is 0 Å². The molecule has 2 nitrogen and oxygen atoms in total. The van der Waals surface area contributed by atoms with Crippen LogP contribution in [0.5, 0.6) is 0 Å². The van der Waals surface area contributed by atoms with Gasteiger partial charge in [-0.1, -0.05) is 12.0 Å². The predicted molar refractivity (Wildman–Crippen MR) is 66.4 cm³/mol. The third kappa shape index (κ3) is 2.56. The van der Waals surface area contributed by atoms with E-state index in [1.807, 2.05) is 0 Å². The van der Waals surface area contributed by atoms with Gasteiger partial charge in [-0.05, 0) is 38.2 Å². The van der Waals surface area contributed by atoms with Crippen molar-refractivity contribution in [3.8, 4) is 0 Å². The van der Waals surface area contributed by atoms with Gasteiger partial charge < -0.3 is 9.67 Å². The number of hydrogen-bond donors (Lipinski definition) is 1. The van der Waals surface area contributed by atoms with E-state index in [1.165, 1.54) is 17.6 Å². The van der Waals surface area contributed by atoms with Crippen molar-refractivity contribution in [3.05, 3.63) is 35.7 Å². The van der Waals surface area contributed by atoms with Gasteiger partial charge in [0, 0.05) is 24.5 Å². The Hall–Kier alpha value is -1.02. The van der Waals surface area contributed by atoms with Gasteiger partial charge in [-0.3, -0.25) is 0 Å². The molecule has 16 heavy (non-hydrogen) atoms. The number of nitrogens with zero attached hydrogens (tertiary/aromatic N) is 1. The molecule has 0 saturated carbocycles. The summed E-state index contributed by atoms with van der Waals surface area (Å²) in [6.07, 6.45) is 9.47. The van der Waals surface area contributed by atoms with Crippen molar-refractivity contribution in [1.82, 2.24) is 4.57 Å². The first-order valence-electron chi connectivity index (χ1n) is 6.18. The second kappa shape index (κ2) is 4.88. The van der Waals surface area contributed by atoms with Crippen LogP contribution < -0.4 is 0 Å². The van der Waals surface area contributed by atoms with Crippen LogP contribution in [0.3, 0.4) is 0 Å². The molecular weight excluding hydrogens is 198 g/mol. The monoisotopic (exact) mass is 219 g/mol. The first-order valence-corrected chi connectivity index (χ1v) is 6.18. The molecule has 1 N–H and O–H groups in total. The highest BCUT2D eigenvalue weighted by Gasteiger charge is 2.18. The minimum absolute atomic E-state index is 0.247. The second-order valence-electron chi connectivity index (χ2n) is 4.95. The predicted octanol–water partition coefficient (Wildman–Crippen LogP) is 3.21. The van der Waals surface area contributed by atoms with Crippen molar-refractivity contribution in [3.63, 3.8) is 0 Å². The van der Waals surface area contributed by atoms with Crippen molar-refractivity contribution in [2.45, 2.75) is 51.7 Å². The van der Waals surface area contributed by atoms with Gasteiger partial charge in [0.2, 0.25) is 0 Å². The van der Waals surface area contributed by atoms with E-state index >= 15 is 0 Å². The molecule has 2 rings (SSSR count). The van der Waals surface area contributed by atoms with Crippen LogP contribution >= 0.6 is 0 Å². The number of aryl methyl sites for hydroxylation is 2. The lowest BCUT2D eigenvalue weighted by molar-refractivity contribution is 0.166. The van der Waals surface area contributed by atoms with Crippen molar-refractivity contribution in [2.75, 3.05) is 0 Å². The molecule has 1 aliphatic carbocycles. The summed E-state index contributed by atoms with van der Waals surface area (Å²) in [6, 6.07) is 0. The maximum Gasteiger partial charge on any atom is 0.0807 e. The standard InChI is InChI=1S/C14H21NO/c1-11(2)7-8-15-9-12-5-3-4-6-14(16)13(12)10-15/h9-10,14,16H,1,3-8H2,2H3. The molecule has 0 bridgehead atoms. The average Bonchev–Trinajstić information content (AvgIpc) is 2.57. The van der Waals surface area contributed by atoms with E-state index in [4.69, 9.17) is 0 Å². The summed E-state index contributed by atoms with van der Waals surface area (Å²) in [4.78, 5) is 0. The van der Waals surface area contributed by atoms with Gasteiger partial charge in [-0.15, -0.1) is 6.58 Å². The molecule has 1 aromatic rings. The van der Waals surface area contributed by atoms with E-state index in [1.54, 1.807) is 0 Å². The Balaban J connectivity index is 2.12. The Kier molecular flexibility index (Phi) is 3.49. The van der Waals surface area contributed by atoms with Gasteiger partial charge >= 0.3 is 0 Å². The first kappa shape index (κ1) is 11.5. The fraction of sp³-hybridized carbons (Fsp3) is 0.571. The summed E-state index contributed by atoms with van der Waals surface area (Å²) in [7, 11) is 0. The van der Waals surface area contributed by atoms with E-state index in [0.29, 0.717) is 0 Å². The number of aliphatic hydroxyl groups is 1. The molecule has 0 aliphatic heterocycles. The fourth-order valence-electron chi connectivity index (χ4n) is 2.34. The Bertz CT molecular complexity index is 378. The Morgan fingerprint density at radius 3 is 3.06 bits per heavy atom. The van der Waals surface area contributed by atoms with Gasteiger partial charge in [-0.25, -0.2) is 0 Å². The average molecular weight is 219 g/mol. The molecule has 1 unspecified atom stereocenters. The highest BCUT2D eigenvalue weighted by Crippen LogP contribution is 2.29. The van der Waals surface area contributed by atoms with Crippen LogP contribution in [-0.4, -0.2) is 9.67 Å². The molecule has 0 amide bonds. The molecule has 0 radical (unpaired) electrons. The van der Waals surface area contributed by atoms with Gasteiger partial charge in [-0.2, -0.15) is 0 Å². The minimum atomic E-state index is -0.247. The molecule has 1 heterocycles. The molecule has 1 aliphatic rings. The Morgan fingerprint density at radius 1 is 1.50 bits per heavy atom. The number of hydrogen-bond acceptors (Lipinski definition) is 1. The maximum absolute atomic E-state index is 10.0. The highest BCUT2D eigenvalue weighted by atomic mass is 16.3. The first-order chi connectivity index (χ1) is 7.66. The smallest absolute Gasteiger partial charge is 0.0807 e. The number of rotatable bonds is 3. The molecule has 0 fully saturated rings. The van der Waals surface area contributed by atoms with E-state index in [0.717, 1.165) is 37.8 Å². The number of fused-ring (bicyclic) bond motifs is 1. The molecule has 2 heteroatoms. The molecule has 88 valence electrons. The third-order valence-electron chi connectivity index (χ3n) is 3.33. The Labute approximate surface area is 97.6 Å². The topological polar surface area (TPSA) is 25.2 Å². The van der Waals surface area contributed by atoms with Crippen molar-refractivity contribution in [2.24, 2.45) is 0 Å². The summed E-state index contributed by atoms with van der Waals surface area (Å²) >= 11 is 0. The van der Waals surface area contributed by atoms with Crippen molar-refractivity contribution in [1.29, 1.82) is 0 Å². The SMILES string of the molecule is C=C(C)CCn1cc2c(c1)C(O)CCCC2. The lowest BCUT2D eigenvalue weighted by atomic mass is 10.1. The van der Waals surface area contributed by atoms with E-state index in [9.17, 15) is 5.11 Å². The van der Waals surface area contributed by atoms with Gasteiger partial charge in [0.25, 0.3) is 0 Å². The zero-order chi connectivity index (χ0) is 11.5. The summed E-state index contributed by atoms with van der Waals surface area (Å²) in [5.74, 6) is 0. The van der Waals surface area contributed by atoms with Crippen LogP contribution in [0.4, 0.5) is 0 Å². The van der Waals surface area contributed by atoms with Crippen LogP contribution in [0.15, 0.2) is 24.5 Å². The molecule has 1 atom stereocenters. The number of allylic oxidation sites excluding steroid dienone is 1. The minimum Gasteiger partial charge on any atom is -0.388 e. The lowest BCUT2D eigenvalue weighted by Crippen LogP contribution is -1.97. The summed E-state index contributed by atoms with van der Waals surface area (Å²) in [6.45, 7) is 6.96. The van der Waals surface area contributed by atoms with Crippen LogP contribution in [0, 0.1) is 0 Å². The lowest BCUT2D eigenvalue weighted by Gasteiger charge is -2.06. The maximum atomic E-state index is 10.0. The van der Waals surface area contributed by atoms with Gasteiger partial charge in [0.1, 0.15) is 0 Å². The Morgan fingerprint density at radius 2 is 2.31 bits per heavy atom. The summed E-state index contributed by atoms with van der Waals surface area (Å²) in [5, 5.41) is 10.0. The van der Waals surface area contributed by atoms with E-state index < -0.39 is 0 Å². The van der Waals surface area contributed by atoms with E-state index in [-0.39, 0.29) is 6.10 Å². The molecule has 0 saturated heterocycles. The van der Waals surface area contributed by atoms with Crippen LogP contribution in [0.1, 0.15) is 49.8 Å². The van der Waals surface area contributed by atoms with Crippen molar-refractivity contribution < 1.29 is 5.11 Å². The quantitative estimate of drug-likeness (QED) is 0.613. The normalized spacial score (nSPS) is 20.2. The van der Waals surface area contributed by atoms with E-state index in [2.05, 4.69) is 30.5 Å². The largest absolute Gasteiger partial charge is 0.388 e.